The molecule has 1 heterocycles. The predicted octanol–water partition coefficient (Wildman–Crippen LogP) is 23.0. The van der Waals surface area contributed by atoms with Gasteiger partial charge < -0.3 is 61.6 Å². The van der Waals surface area contributed by atoms with E-state index < -0.39 is 41.8 Å². The van der Waals surface area contributed by atoms with Crippen molar-refractivity contribution in [3.8, 4) is 34.5 Å². The Labute approximate surface area is 703 Å². The van der Waals surface area contributed by atoms with Crippen molar-refractivity contribution in [1.29, 1.82) is 0 Å². The fourth-order valence-electron chi connectivity index (χ4n) is 15.4. The number of rotatable bonds is 61. The van der Waals surface area contributed by atoms with Crippen LogP contribution in [0.2, 0.25) is 0 Å². The van der Waals surface area contributed by atoms with Gasteiger partial charge in [-0.15, -0.1) is 0 Å². The third-order valence-corrected chi connectivity index (χ3v) is 22.7. The number of carbonyl (C=O) groups is 7. The summed E-state index contributed by atoms with van der Waals surface area (Å²) < 4.78 is 74.2. The summed E-state index contributed by atoms with van der Waals surface area (Å²) in [7, 11) is 0. The van der Waals surface area contributed by atoms with Crippen LogP contribution in [0, 0.1) is 11.8 Å². The fourth-order valence-corrected chi connectivity index (χ4v) is 15.4. The van der Waals surface area contributed by atoms with E-state index in [-0.39, 0.29) is 70.6 Å². The molecular weight excluding hydrogens is 1500 g/mol. The van der Waals surface area contributed by atoms with Gasteiger partial charge in [0.25, 0.3) is 0 Å². The number of carbonyl (C=O) groups excluding carboxylic acids is 7. The first-order valence-corrected chi connectivity index (χ1v) is 45.4. The first-order chi connectivity index (χ1) is 57.9. The molecule has 2 aliphatic carbocycles. The highest BCUT2D eigenvalue weighted by atomic mass is 16.7. The maximum Gasteiger partial charge on any atom is 0.343 e. The van der Waals surface area contributed by atoms with Crippen molar-refractivity contribution in [3.63, 3.8) is 0 Å². The summed E-state index contributed by atoms with van der Waals surface area (Å²) in [5.41, 5.74) is 3.85. The zero-order valence-electron chi connectivity index (χ0n) is 71.2. The molecule has 0 N–H and O–H groups in total. The van der Waals surface area contributed by atoms with Gasteiger partial charge in [-0.3, -0.25) is 19.2 Å². The summed E-state index contributed by atoms with van der Waals surface area (Å²) in [6.45, 7) is 9.05. The van der Waals surface area contributed by atoms with E-state index in [1.807, 2.05) is 24.3 Å². The third kappa shape index (κ3) is 39.6. The van der Waals surface area contributed by atoms with E-state index in [9.17, 15) is 33.6 Å². The number of esters is 7. The minimum absolute atomic E-state index is 0.0382. The van der Waals surface area contributed by atoms with Gasteiger partial charge in [-0.2, -0.15) is 0 Å². The van der Waals surface area contributed by atoms with Gasteiger partial charge >= 0.3 is 41.8 Å². The standard InChI is InChI=1S/C98H138O20/c1-3-5-17-31-76-34-38-78(39-35-76)80-42-54-86(55-43-80)117-96(103)82-46-50-84(51-47-82)106-64-20-7-11-24-68-110-91(99)60-61-93(101)112-70-26-13-9-22-66-108-88-58-59-90(89(75-88)98(105)116-74-29-16-15-28-72-114-95-33-19-30-73-115-95)109-67-23-10-14-27-71-113-94(102)63-62-92(100)111-69-25-12-8-21-65-107-85-52-48-83(49-53-85)97(104)118-87-56-44-81(45-57-87)79-40-36-77(37-41-79)32-18-6-4-2/h42-59,75-79,95H,3-41,60-74H2,1-2H3/t76-,77-,78-,79-,95?. The fraction of sp³-hybridized carbons (Fsp3) is 0.622. The summed E-state index contributed by atoms with van der Waals surface area (Å²) in [6, 6.07) is 35.2. The van der Waals surface area contributed by atoms with Crippen LogP contribution in [-0.2, 0) is 52.3 Å². The zero-order valence-corrected chi connectivity index (χ0v) is 71.2. The molecular formula is C98H138O20. The molecule has 3 aliphatic rings. The number of unbranched alkanes of at least 4 members (excludes halogenated alkanes) is 19. The van der Waals surface area contributed by atoms with Crippen LogP contribution >= 0.6 is 0 Å². The van der Waals surface area contributed by atoms with E-state index in [0.717, 1.165) is 128 Å². The van der Waals surface area contributed by atoms with E-state index in [4.69, 9.17) is 61.6 Å². The summed E-state index contributed by atoms with van der Waals surface area (Å²) in [6.07, 6.45) is 39.6. The Morgan fingerprint density at radius 1 is 0.314 bits per heavy atom. The molecule has 0 aromatic heterocycles. The topological polar surface area (TPSA) is 239 Å². The van der Waals surface area contributed by atoms with Gasteiger partial charge in [-0.05, 0) is 318 Å². The van der Waals surface area contributed by atoms with Crippen molar-refractivity contribution in [2.45, 2.75) is 308 Å². The monoisotopic (exact) mass is 1630 g/mol. The summed E-state index contributed by atoms with van der Waals surface area (Å²) >= 11 is 0. The Hall–Kier alpha value is -8.49. The lowest BCUT2D eigenvalue weighted by Gasteiger charge is -2.29. The highest BCUT2D eigenvalue weighted by Gasteiger charge is 2.26. The average molecular weight is 1640 g/mol. The van der Waals surface area contributed by atoms with Gasteiger partial charge in [0.05, 0.1) is 96.3 Å². The molecule has 3 fully saturated rings. The van der Waals surface area contributed by atoms with Crippen molar-refractivity contribution in [2.24, 2.45) is 11.8 Å². The molecule has 650 valence electrons. The Bertz CT molecular complexity index is 3590. The van der Waals surface area contributed by atoms with Gasteiger partial charge in [0, 0.05) is 13.2 Å². The number of hydrogen-bond donors (Lipinski definition) is 0. The third-order valence-electron chi connectivity index (χ3n) is 22.7. The van der Waals surface area contributed by atoms with Crippen LogP contribution in [0.3, 0.4) is 0 Å². The van der Waals surface area contributed by atoms with Crippen LogP contribution in [0.1, 0.15) is 344 Å². The quantitative estimate of drug-likeness (QED) is 0.0152. The summed E-state index contributed by atoms with van der Waals surface area (Å²) in [4.78, 5) is 89.0. The van der Waals surface area contributed by atoms with E-state index in [1.54, 1.807) is 66.7 Å². The molecule has 1 saturated heterocycles. The summed E-state index contributed by atoms with van der Waals surface area (Å²) in [5.74, 6) is 3.22. The summed E-state index contributed by atoms with van der Waals surface area (Å²) in [5, 5.41) is 0. The first kappa shape index (κ1) is 95.0. The van der Waals surface area contributed by atoms with Crippen molar-refractivity contribution in [1.82, 2.24) is 0 Å². The normalized spacial score (nSPS) is 16.5. The minimum Gasteiger partial charge on any atom is -0.494 e. The average Bonchev–Trinajstić information content (AvgIpc) is 0.847. The van der Waals surface area contributed by atoms with Gasteiger partial charge in [-0.1, -0.05) is 95.9 Å². The molecule has 0 radical (unpaired) electrons. The Balaban J connectivity index is 0.596. The molecule has 5 aromatic rings. The van der Waals surface area contributed by atoms with Crippen LogP contribution in [0.25, 0.3) is 0 Å². The van der Waals surface area contributed by atoms with E-state index in [2.05, 4.69) is 38.1 Å². The van der Waals surface area contributed by atoms with Crippen molar-refractivity contribution in [2.75, 3.05) is 72.7 Å². The molecule has 8 rings (SSSR count). The second-order valence-corrected chi connectivity index (χ2v) is 32.2. The molecule has 1 atom stereocenters. The second kappa shape index (κ2) is 58.4. The smallest absolute Gasteiger partial charge is 0.343 e. The molecule has 2 saturated carbocycles. The van der Waals surface area contributed by atoms with Gasteiger partial charge in [0.1, 0.15) is 40.1 Å². The van der Waals surface area contributed by atoms with Gasteiger partial charge in [0.2, 0.25) is 0 Å². The van der Waals surface area contributed by atoms with E-state index in [1.165, 1.54) is 114 Å². The lowest BCUT2D eigenvalue weighted by atomic mass is 9.77. The van der Waals surface area contributed by atoms with Crippen molar-refractivity contribution >= 4 is 41.8 Å². The Morgan fingerprint density at radius 3 is 1.04 bits per heavy atom. The SMILES string of the molecule is CCCCC[C@H]1CC[C@H](c2ccc(OC(=O)c3ccc(OCCCCCCOC(=O)CCC(=O)OCCCCCCOc4ccc(OCCCCCCOC(=O)CCC(=O)OCCCCCCOc5ccc(C(=O)Oc6ccc([C@H]7CC[C@H](CCCCC)CC7)cc6)cc5)c(C(=O)OCCCCCCOC5CCCCO5)c4)cc3)cc2)CC1. The highest BCUT2D eigenvalue weighted by Crippen LogP contribution is 2.40. The number of ether oxygens (including phenoxy) is 13. The highest BCUT2D eigenvalue weighted by molar-refractivity contribution is 5.93. The van der Waals surface area contributed by atoms with Gasteiger partial charge in [-0.25, -0.2) is 14.4 Å². The number of hydrogen-bond acceptors (Lipinski definition) is 20. The predicted molar refractivity (Wildman–Crippen MR) is 456 cm³/mol. The van der Waals surface area contributed by atoms with Crippen LogP contribution in [0.5, 0.6) is 34.5 Å². The lowest BCUT2D eigenvalue weighted by molar-refractivity contribution is -0.162. The van der Waals surface area contributed by atoms with Crippen molar-refractivity contribution < 1.29 is 95.1 Å². The molecule has 0 spiro atoms. The molecule has 1 aliphatic heterocycles. The molecule has 5 aromatic carbocycles. The van der Waals surface area contributed by atoms with E-state index >= 15 is 0 Å². The lowest BCUT2D eigenvalue weighted by Crippen LogP contribution is -2.22. The second-order valence-electron chi connectivity index (χ2n) is 32.2. The van der Waals surface area contributed by atoms with Crippen molar-refractivity contribution in [3.05, 3.63) is 143 Å². The van der Waals surface area contributed by atoms with Gasteiger partial charge in [0.15, 0.2) is 6.29 Å². The molecule has 1 unspecified atom stereocenters. The van der Waals surface area contributed by atoms with Crippen LogP contribution in [0.4, 0.5) is 0 Å². The Morgan fingerprint density at radius 2 is 0.661 bits per heavy atom. The largest absolute Gasteiger partial charge is 0.494 e. The zero-order chi connectivity index (χ0) is 83.1. The molecule has 20 heteroatoms. The molecule has 20 nitrogen and oxygen atoms in total. The molecule has 0 bridgehead atoms. The minimum atomic E-state index is -0.489. The number of benzene rings is 5. The Kier molecular flexibility index (Phi) is 47.0. The molecule has 0 amide bonds. The molecule has 118 heavy (non-hydrogen) atoms. The van der Waals surface area contributed by atoms with E-state index in [0.29, 0.717) is 129 Å². The first-order valence-electron chi connectivity index (χ1n) is 45.4. The van der Waals surface area contributed by atoms with Crippen LogP contribution < -0.4 is 28.4 Å². The maximum absolute atomic E-state index is 13.6. The van der Waals surface area contributed by atoms with Crippen LogP contribution in [0.15, 0.2) is 115 Å². The maximum atomic E-state index is 13.6. The van der Waals surface area contributed by atoms with Crippen LogP contribution in [-0.4, -0.2) is 121 Å².